The minimum absolute atomic E-state index is 0.0723. The molecule has 1 heterocycles. The molecule has 0 saturated carbocycles. The van der Waals surface area contributed by atoms with Crippen molar-refractivity contribution in [3.05, 3.63) is 22.7 Å². The van der Waals surface area contributed by atoms with Gasteiger partial charge in [0.1, 0.15) is 6.04 Å². The van der Waals surface area contributed by atoms with E-state index < -0.39 is 12.0 Å². The molecule has 1 atom stereocenters. The van der Waals surface area contributed by atoms with Crippen molar-refractivity contribution in [1.29, 1.82) is 0 Å². The SMILES string of the molecule is CC(C)Cn1ccnc(NC(C)C(=O)O)c1=O. The lowest BCUT2D eigenvalue weighted by atomic mass is 10.2. The van der Waals surface area contributed by atoms with Crippen LogP contribution in [-0.4, -0.2) is 26.7 Å². The molecule has 94 valence electrons. The molecule has 1 unspecified atom stereocenters. The van der Waals surface area contributed by atoms with Crippen LogP contribution in [0.3, 0.4) is 0 Å². The molecule has 1 aromatic heterocycles. The number of carboxylic acid groups (broad SMARTS) is 1. The number of hydrogen-bond acceptors (Lipinski definition) is 4. The molecule has 0 aliphatic rings. The average Bonchev–Trinajstić information content (AvgIpc) is 2.23. The lowest BCUT2D eigenvalue weighted by Crippen LogP contribution is -2.32. The molecule has 6 heteroatoms. The number of aliphatic carboxylic acids is 1. The molecule has 0 amide bonds. The molecule has 0 fully saturated rings. The van der Waals surface area contributed by atoms with E-state index in [4.69, 9.17) is 5.11 Å². The van der Waals surface area contributed by atoms with Crippen LogP contribution in [0.1, 0.15) is 20.8 Å². The summed E-state index contributed by atoms with van der Waals surface area (Å²) in [6.07, 6.45) is 3.08. The second kappa shape index (κ2) is 5.47. The number of nitrogens with one attached hydrogen (secondary N) is 1. The largest absolute Gasteiger partial charge is 0.480 e. The highest BCUT2D eigenvalue weighted by Gasteiger charge is 2.14. The fourth-order valence-corrected chi connectivity index (χ4v) is 1.35. The van der Waals surface area contributed by atoms with Gasteiger partial charge in [0, 0.05) is 18.9 Å². The Kier molecular flexibility index (Phi) is 4.25. The number of carboxylic acids is 1. The first-order valence-electron chi connectivity index (χ1n) is 5.46. The Morgan fingerprint density at radius 1 is 1.53 bits per heavy atom. The Hall–Kier alpha value is -1.85. The van der Waals surface area contributed by atoms with Crippen LogP contribution < -0.4 is 10.9 Å². The summed E-state index contributed by atoms with van der Waals surface area (Å²) < 4.78 is 1.52. The first kappa shape index (κ1) is 13.2. The van der Waals surface area contributed by atoms with E-state index in [-0.39, 0.29) is 11.4 Å². The number of carbonyl (C=O) groups is 1. The van der Waals surface area contributed by atoms with Crippen LogP contribution in [-0.2, 0) is 11.3 Å². The van der Waals surface area contributed by atoms with E-state index in [9.17, 15) is 9.59 Å². The van der Waals surface area contributed by atoms with Crippen molar-refractivity contribution >= 4 is 11.8 Å². The number of nitrogens with zero attached hydrogens (tertiary/aromatic N) is 2. The standard InChI is InChI=1S/C11H17N3O3/c1-7(2)6-14-5-4-12-9(10(14)15)13-8(3)11(16)17/h4-5,7-8H,6H2,1-3H3,(H,12,13)(H,16,17). The van der Waals surface area contributed by atoms with Crippen molar-refractivity contribution in [2.45, 2.75) is 33.4 Å². The molecule has 2 N–H and O–H groups in total. The lowest BCUT2D eigenvalue weighted by Gasteiger charge is -2.12. The van der Waals surface area contributed by atoms with Gasteiger partial charge in [-0.3, -0.25) is 9.59 Å². The second-order valence-electron chi connectivity index (χ2n) is 4.33. The van der Waals surface area contributed by atoms with Crippen LogP contribution in [0.5, 0.6) is 0 Å². The van der Waals surface area contributed by atoms with Crippen LogP contribution in [0.25, 0.3) is 0 Å². The van der Waals surface area contributed by atoms with Gasteiger partial charge in [0.05, 0.1) is 0 Å². The zero-order chi connectivity index (χ0) is 13.0. The monoisotopic (exact) mass is 239 g/mol. The first-order chi connectivity index (χ1) is 7.91. The van der Waals surface area contributed by atoms with Gasteiger partial charge in [-0.15, -0.1) is 0 Å². The minimum Gasteiger partial charge on any atom is -0.480 e. The fourth-order valence-electron chi connectivity index (χ4n) is 1.35. The summed E-state index contributed by atoms with van der Waals surface area (Å²) in [5.41, 5.74) is -0.297. The van der Waals surface area contributed by atoms with E-state index in [1.807, 2.05) is 13.8 Å². The Morgan fingerprint density at radius 2 is 2.18 bits per heavy atom. The normalized spacial score (nSPS) is 12.5. The highest BCUT2D eigenvalue weighted by Crippen LogP contribution is 2.00. The molecule has 0 bridgehead atoms. The van der Waals surface area contributed by atoms with Crippen molar-refractivity contribution in [2.75, 3.05) is 5.32 Å². The Balaban J connectivity index is 2.94. The van der Waals surface area contributed by atoms with E-state index in [1.54, 1.807) is 6.20 Å². The lowest BCUT2D eigenvalue weighted by molar-refractivity contribution is -0.137. The molecule has 0 saturated heterocycles. The molecular weight excluding hydrogens is 222 g/mol. The number of aromatic nitrogens is 2. The molecule has 1 rings (SSSR count). The fraction of sp³-hybridized carbons (Fsp3) is 0.545. The van der Waals surface area contributed by atoms with Gasteiger partial charge in [-0.05, 0) is 12.8 Å². The summed E-state index contributed by atoms with van der Waals surface area (Å²) in [7, 11) is 0. The highest BCUT2D eigenvalue weighted by atomic mass is 16.4. The molecular formula is C11H17N3O3. The van der Waals surface area contributed by atoms with Crippen LogP contribution >= 0.6 is 0 Å². The summed E-state index contributed by atoms with van der Waals surface area (Å²) in [4.78, 5) is 26.4. The molecule has 6 nitrogen and oxygen atoms in total. The van der Waals surface area contributed by atoms with Gasteiger partial charge in [-0.2, -0.15) is 0 Å². The summed E-state index contributed by atoms with van der Waals surface area (Å²) in [6.45, 7) is 6.04. The maximum atomic E-state index is 11.9. The van der Waals surface area contributed by atoms with Gasteiger partial charge in [0.25, 0.3) is 5.56 Å². The second-order valence-corrected chi connectivity index (χ2v) is 4.33. The van der Waals surface area contributed by atoms with E-state index in [0.717, 1.165) is 0 Å². The summed E-state index contributed by atoms with van der Waals surface area (Å²) >= 11 is 0. The molecule has 0 aromatic carbocycles. The summed E-state index contributed by atoms with van der Waals surface area (Å²) in [6, 6.07) is -0.842. The van der Waals surface area contributed by atoms with Crippen molar-refractivity contribution < 1.29 is 9.90 Å². The van der Waals surface area contributed by atoms with Crippen LogP contribution in [0.15, 0.2) is 17.2 Å². The van der Waals surface area contributed by atoms with Gasteiger partial charge < -0.3 is 15.0 Å². The first-order valence-corrected chi connectivity index (χ1v) is 5.46. The van der Waals surface area contributed by atoms with Crippen molar-refractivity contribution in [3.8, 4) is 0 Å². The topological polar surface area (TPSA) is 84.2 Å². The zero-order valence-corrected chi connectivity index (χ0v) is 10.2. The third kappa shape index (κ3) is 3.58. The Bertz CT molecular complexity index is 454. The third-order valence-electron chi connectivity index (χ3n) is 2.20. The quantitative estimate of drug-likeness (QED) is 0.793. The van der Waals surface area contributed by atoms with E-state index in [2.05, 4.69) is 10.3 Å². The van der Waals surface area contributed by atoms with Gasteiger partial charge in [-0.25, -0.2) is 4.98 Å². The minimum atomic E-state index is -1.02. The Morgan fingerprint density at radius 3 is 2.71 bits per heavy atom. The molecule has 0 spiro atoms. The molecule has 0 radical (unpaired) electrons. The number of anilines is 1. The van der Waals surface area contributed by atoms with E-state index in [0.29, 0.717) is 12.5 Å². The van der Waals surface area contributed by atoms with Crippen molar-refractivity contribution in [3.63, 3.8) is 0 Å². The van der Waals surface area contributed by atoms with Crippen molar-refractivity contribution in [2.24, 2.45) is 5.92 Å². The van der Waals surface area contributed by atoms with Crippen LogP contribution in [0, 0.1) is 5.92 Å². The van der Waals surface area contributed by atoms with Gasteiger partial charge in [0.2, 0.25) is 0 Å². The predicted octanol–water partition coefficient (Wildman–Crippen LogP) is 0.784. The maximum Gasteiger partial charge on any atom is 0.325 e. The molecule has 0 aliphatic carbocycles. The van der Waals surface area contributed by atoms with E-state index >= 15 is 0 Å². The van der Waals surface area contributed by atoms with Gasteiger partial charge in [-0.1, -0.05) is 13.8 Å². The number of hydrogen-bond donors (Lipinski definition) is 2. The van der Waals surface area contributed by atoms with Crippen molar-refractivity contribution in [1.82, 2.24) is 9.55 Å². The number of rotatable bonds is 5. The van der Waals surface area contributed by atoms with Crippen LogP contribution in [0.2, 0.25) is 0 Å². The van der Waals surface area contributed by atoms with Crippen LogP contribution in [0.4, 0.5) is 5.82 Å². The molecule has 17 heavy (non-hydrogen) atoms. The zero-order valence-electron chi connectivity index (χ0n) is 10.2. The highest BCUT2D eigenvalue weighted by molar-refractivity contribution is 5.76. The molecule has 0 aliphatic heterocycles. The summed E-state index contributed by atoms with van der Waals surface area (Å²) in [5, 5.41) is 11.3. The van der Waals surface area contributed by atoms with E-state index in [1.165, 1.54) is 17.7 Å². The third-order valence-corrected chi connectivity index (χ3v) is 2.20. The van der Waals surface area contributed by atoms with Gasteiger partial charge in [0.15, 0.2) is 5.82 Å². The van der Waals surface area contributed by atoms with Gasteiger partial charge >= 0.3 is 5.97 Å². The Labute approximate surface area is 99.3 Å². The maximum absolute atomic E-state index is 11.9. The average molecular weight is 239 g/mol. The smallest absolute Gasteiger partial charge is 0.325 e. The predicted molar refractivity (Wildman–Crippen MR) is 64.1 cm³/mol. The molecule has 1 aromatic rings. The summed E-state index contributed by atoms with van der Waals surface area (Å²) in [5.74, 6) is -0.617.